The number of carbonyl (C=O) groups is 1. The highest BCUT2D eigenvalue weighted by atomic mass is 32.2. The molecule has 0 aliphatic rings. The van der Waals surface area contributed by atoms with Crippen molar-refractivity contribution in [2.24, 2.45) is 0 Å². The van der Waals surface area contributed by atoms with E-state index in [1.807, 2.05) is 34.9 Å². The Balaban J connectivity index is 1.49. The molecule has 0 saturated carbocycles. The van der Waals surface area contributed by atoms with Crippen LogP contribution in [0.2, 0.25) is 0 Å². The maximum Gasteiger partial charge on any atom is 0.234 e. The number of anilines is 2. The van der Waals surface area contributed by atoms with Gasteiger partial charge in [-0.15, -0.1) is 10.2 Å². The van der Waals surface area contributed by atoms with Crippen LogP contribution in [-0.4, -0.2) is 40.6 Å². The van der Waals surface area contributed by atoms with Gasteiger partial charge in [0.25, 0.3) is 0 Å². The van der Waals surface area contributed by atoms with Crippen LogP contribution in [0.5, 0.6) is 11.5 Å². The second-order valence-electron chi connectivity index (χ2n) is 7.33. The average molecular weight is 494 g/mol. The predicted molar refractivity (Wildman–Crippen MR) is 134 cm³/mol. The zero-order chi connectivity index (χ0) is 24.6. The van der Waals surface area contributed by atoms with Crippen LogP contribution >= 0.6 is 11.8 Å². The van der Waals surface area contributed by atoms with Crippen LogP contribution < -0.4 is 20.1 Å². The number of nitrogens with one attached hydrogen (secondary N) is 2. The predicted octanol–water partition coefficient (Wildman–Crippen LogP) is 4.77. The van der Waals surface area contributed by atoms with E-state index in [4.69, 9.17) is 9.47 Å². The van der Waals surface area contributed by atoms with E-state index in [-0.39, 0.29) is 17.5 Å². The second kappa shape index (κ2) is 11.4. The van der Waals surface area contributed by atoms with Gasteiger partial charge in [0.2, 0.25) is 5.91 Å². The SMILES string of the molecule is COc1ccc(OC)c(NC(=O)CSc2nnc(CNc3ccc(F)cc3)n2-c2ccccc2)c1. The topological polar surface area (TPSA) is 90.3 Å². The molecule has 8 nitrogen and oxygen atoms in total. The molecule has 0 aliphatic carbocycles. The summed E-state index contributed by atoms with van der Waals surface area (Å²) in [6, 6.07) is 20.9. The molecule has 0 spiro atoms. The molecule has 0 saturated heterocycles. The van der Waals surface area contributed by atoms with Crippen LogP contribution in [-0.2, 0) is 11.3 Å². The van der Waals surface area contributed by atoms with Crippen LogP contribution in [0.4, 0.5) is 15.8 Å². The van der Waals surface area contributed by atoms with Gasteiger partial charge in [0.05, 0.1) is 32.2 Å². The quantitative estimate of drug-likeness (QED) is 0.308. The fraction of sp³-hybridized carbons (Fsp3) is 0.160. The van der Waals surface area contributed by atoms with Gasteiger partial charge in [-0.05, 0) is 48.5 Å². The number of benzene rings is 3. The number of amides is 1. The first kappa shape index (κ1) is 24.1. The van der Waals surface area contributed by atoms with Crippen molar-refractivity contribution in [3.8, 4) is 17.2 Å². The molecular weight excluding hydrogens is 469 g/mol. The Morgan fingerprint density at radius 3 is 2.49 bits per heavy atom. The summed E-state index contributed by atoms with van der Waals surface area (Å²) < 4.78 is 25.7. The molecule has 1 amide bonds. The van der Waals surface area contributed by atoms with Crippen LogP contribution in [0.3, 0.4) is 0 Å². The van der Waals surface area contributed by atoms with Gasteiger partial charge >= 0.3 is 0 Å². The molecule has 0 atom stereocenters. The number of hydrogen-bond acceptors (Lipinski definition) is 7. The second-order valence-corrected chi connectivity index (χ2v) is 8.28. The van der Waals surface area contributed by atoms with Gasteiger partial charge in [0, 0.05) is 17.4 Å². The van der Waals surface area contributed by atoms with Crippen molar-refractivity contribution in [2.45, 2.75) is 11.7 Å². The molecular formula is C25H24FN5O3S. The number of carbonyl (C=O) groups excluding carboxylic acids is 1. The molecule has 0 fully saturated rings. The summed E-state index contributed by atoms with van der Waals surface area (Å²) in [5, 5.41) is 15.3. The summed E-state index contributed by atoms with van der Waals surface area (Å²) in [7, 11) is 3.10. The number of aromatic nitrogens is 3. The Kier molecular flexibility index (Phi) is 7.84. The molecule has 180 valence electrons. The van der Waals surface area contributed by atoms with Crippen LogP contribution in [0, 0.1) is 5.82 Å². The number of hydrogen-bond donors (Lipinski definition) is 2. The standard InChI is InChI=1S/C25H24FN5O3S/c1-33-20-12-13-22(34-2)21(14-20)28-24(32)16-35-25-30-29-23(31(25)19-6-4-3-5-7-19)15-27-18-10-8-17(26)9-11-18/h3-14,27H,15-16H2,1-2H3,(H,28,32). The van der Waals surface area contributed by atoms with Gasteiger partial charge < -0.3 is 20.1 Å². The summed E-state index contributed by atoms with van der Waals surface area (Å²) in [6.45, 7) is 0.362. The molecule has 1 heterocycles. The van der Waals surface area contributed by atoms with Crippen molar-refractivity contribution < 1.29 is 18.7 Å². The minimum absolute atomic E-state index is 0.108. The lowest BCUT2D eigenvalue weighted by molar-refractivity contribution is -0.113. The highest BCUT2D eigenvalue weighted by Gasteiger charge is 2.17. The number of halogens is 1. The summed E-state index contributed by atoms with van der Waals surface area (Å²) >= 11 is 1.26. The van der Waals surface area contributed by atoms with Gasteiger partial charge in [-0.1, -0.05) is 30.0 Å². The minimum Gasteiger partial charge on any atom is -0.497 e. The van der Waals surface area contributed by atoms with E-state index in [0.717, 1.165) is 11.4 Å². The van der Waals surface area contributed by atoms with Gasteiger partial charge in [0.15, 0.2) is 11.0 Å². The first-order valence-corrected chi connectivity index (χ1v) is 11.7. The van der Waals surface area contributed by atoms with Gasteiger partial charge in [-0.3, -0.25) is 9.36 Å². The van der Waals surface area contributed by atoms with E-state index >= 15 is 0 Å². The Morgan fingerprint density at radius 2 is 1.77 bits per heavy atom. The van der Waals surface area contributed by atoms with E-state index in [1.165, 1.54) is 31.0 Å². The zero-order valence-electron chi connectivity index (χ0n) is 19.2. The molecule has 0 bridgehead atoms. The van der Waals surface area contributed by atoms with E-state index < -0.39 is 0 Å². The van der Waals surface area contributed by atoms with Crippen molar-refractivity contribution in [2.75, 3.05) is 30.6 Å². The van der Waals surface area contributed by atoms with Crippen LogP contribution in [0.15, 0.2) is 78.0 Å². The molecule has 0 radical (unpaired) electrons. The van der Waals surface area contributed by atoms with Gasteiger partial charge in [-0.2, -0.15) is 0 Å². The highest BCUT2D eigenvalue weighted by Crippen LogP contribution is 2.29. The normalized spacial score (nSPS) is 10.6. The molecule has 4 rings (SSSR count). The fourth-order valence-electron chi connectivity index (χ4n) is 3.32. The lowest BCUT2D eigenvalue weighted by Crippen LogP contribution is -2.15. The Bertz CT molecular complexity index is 1280. The number of nitrogens with zero attached hydrogens (tertiary/aromatic N) is 3. The van der Waals surface area contributed by atoms with E-state index in [1.54, 1.807) is 37.4 Å². The van der Waals surface area contributed by atoms with Crippen LogP contribution in [0.1, 0.15) is 5.82 Å². The smallest absolute Gasteiger partial charge is 0.234 e. The zero-order valence-corrected chi connectivity index (χ0v) is 20.0. The van der Waals surface area contributed by atoms with Crippen LogP contribution in [0.25, 0.3) is 5.69 Å². The molecule has 10 heteroatoms. The number of para-hydroxylation sites is 1. The maximum absolute atomic E-state index is 13.2. The van der Waals surface area contributed by atoms with Crippen molar-refractivity contribution in [1.29, 1.82) is 0 Å². The number of ether oxygens (including phenoxy) is 2. The largest absolute Gasteiger partial charge is 0.497 e. The minimum atomic E-state index is -0.300. The highest BCUT2D eigenvalue weighted by molar-refractivity contribution is 7.99. The molecule has 0 unspecified atom stereocenters. The Hall–Kier alpha value is -4.05. The lowest BCUT2D eigenvalue weighted by Gasteiger charge is -2.13. The molecule has 0 aliphatic heterocycles. The van der Waals surface area contributed by atoms with E-state index in [2.05, 4.69) is 20.8 Å². The lowest BCUT2D eigenvalue weighted by atomic mass is 10.2. The Morgan fingerprint density at radius 1 is 1.00 bits per heavy atom. The molecule has 3 aromatic carbocycles. The summed E-state index contributed by atoms with van der Waals surface area (Å²) in [6.07, 6.45) is 0. The third kappa shape index (κ3) is 6.10. The van der Waals surface area contributed by atoms with Crippen molar-refractivity contribution in [3.63, 3.8) is 0 Å². The molecule has 1 aromatic heterocycles. The fourth-order valence-corrected chi connectivity index (χ4v) is 4.09. The molecule has 2 N–H and O–H groups in total. The average Bonchev–Trinajstić information content (AvgIpc) is 3.30. The van der Waals surface area contributed by atoms with Crippen molar-refractivity contribution in [1.82, 2.24) is 14.8 Å². The number of rotatable bonds is 10. The van der Waals surface area contributed by atoms with E-state index in [9.17, 15) is 9.18 Å². The Labute approximate surface area is 206 Å². The third-order valence-electron chi connectivity index (χ3n) is 5.02. The first-order chi connectivity index (χ1) is 17.1. The summed E-state index contributed by atoms with van der Waals surface area (Å²) in [4.78, 5) is 12.7. The number of thioether (sulfide) groups is 1. The summed E-state index contributed by atoms with van der Waals surface area (Å²) in [5.41, 5.74) is 2.15. The maximum atomic E-state index is 13.2. The summed E-state index contributed by atoms with van der Waals surface area (Å²) in [5.74, 6) is 1.37. The van der Waals surface area contributed by atoms with Crippen molar-refractivity contribution >= 4 is 29.0 Å². The molecule has 35 heavy (non-hydrogen) atoms. The third-order valence-corrected chi connectivity index (χ3v) is 5.95. The molecule has 4 aromatic rings. The van der Waals surface area contributed by atoms with E-state index in [0.29, 0.717) is 34.7 Å². The monoisotopic (exact) mass is 493 g/mol. The van der Waals surface area contributed by atoms with Gasteiger partial charge in [-0.25, -0.2) is 4.39 Å². The first-order valence-electron chi connectivity index (χ1n) is 10.7. The number of methoxy groups -OCH3 is 2. The van der Waals surface area contributed by atoms with Crippen molar-refractivity contribution in [3.05, 3.63) is 84.4 Å². The van der Waals surface area contributed by atoms with Gasteiger partial charge in [0.1, 0.15) is 17.3 Å².